The van der Waals surface area contributed by atoms with Crippen molar-refractivity contribution in [3.63, 3.8) is 0 Å². The molecule has 0 saturated carbocycles. The topological polar surface area (TPSA) is 63.6 Å². The average Bonchev–Trinajstić information content (AvgIpc) is 2.06. The van der Waals surface area contributed by atoms with E-state index >= 15 is 0 Å². The van der Waals surface area contributed by atoms with E-state index in [9.17, 15) is 13.3 Å². The molecule has 0 unspecified atom stereocenters. The summed E-state index contributed by atoms with van der Waals surface area (Å²) in [7, 11) is -3.49. The third kappa shape index (κ3) is 1.88. The Bertz CT molecular complexity index is 357. The summed E-state index contributed by atoms with van der Waals surface area (Å²) in [5.41, 5.74) is 0. The Morgan fingerprint density at radius 3 is 2.25 bits per heavy atom. The van der Waals surface area contributed by atoms with E-state index in [1.807, 2.05) is 0 Å². The molecule has 0 spiro atoms. The molecule has 0 saturated heterocycles. The van der Waals surface area contributed by atoms with Crippen molar-refractivity contribution in [2.75, 3.05) is 5.88 Å². The van der Waals surface area contributed by atoms with Crippen LogP contribution in [0.1, 0.15) is 0 Å². The van der Waals surface area contributed by atoms with E-state index in [2.05, 4.69) is 5.18 Å². The molecule has 0 fully saturated rings. The zero-order chi connectivity index (χ0) is 9.03. The van der Waals surface area contributed by atoms with E-state index in [0.717, 1.165) is 0 Å². The van der Waals surface area contributed by atoms with Crippen molar-refractivity contribution in [3.8, 4) is 0 Å². The highest BCUT2D eigenvalue weighted by Crippen LogP contribution is 2.09. The Kier molecular flexibility index (Phi) is 2.54. The van der Waals surface area contributed by atoms with Gasteiger partial charge in [0, 0.05) is 0 Å². The first kappa shape index (κ1) is 8.86. The van der Waals surface area contributed by atoms with Gasteiger partial charge in [0.2, 0.25) is 9.84 Å². The molecule has 0 aromatic heterocycles. The van der Waals surface area contributed by atoms with Gasteiger partial charge in [-0.2, -0.15) is 0 Å². The SMILES string of the molecule is O=NCS(=O)(=O)c1ccccc1. The molecular weight excluding hydrogens is 178 g/mol. The lowest BCUT2D eigenvalue weighted by molar-refractivity contribution is 0.596. The summed E-state index contributed by atoms with van der Waals surface area (Å²) in [4.78, 5) is 9.89. The van der Waals surface area contributed by atoms with E-state index in [1.165, 1.54) is 12.1 Å². The van der Waals surface area contributed by atoms with E-state index in [4.69, 9.17) is 0 Å². The Hall–Kier alpha value is -1.23. The fourth-order valence-electron chi connectivity index (χ4n) is 0.772. The monoisotopic (exact) mass is 185 g/mol. The standard InChI is InChI=1S/C7H7NO3S/c9-8-6-12(10,11)7-4-2-1-3-5-7/h1-5H,6H2. The Balaban J connectivity index is 3.07. The van der Waals surface area contributed by atoms with Gasteiger partial charge in [-0.05, 0) is 12.1 Å². The molecule has 0 heterocycles. The highest BCUT2D eigenvalue weighted by Gasteiger charge is 2.12. The third-order valence-electron chi connectivity index (χ3n) is 1.32. The van der Waals surface area contributed by atoms with Crippen LogP contribution in [0, 0.1) is 4.91 Å². The zero-order valence-electron chi connectivity index (χ0n) is 6.17. The van der Waals surface area contributed by atoms with Gasteiger partial charge in [0.1, 0.15) is 0 Å². The maximum atomic E-state index is 11.1. The molecule has 0 radical (unpaired) electrons. The van der Waals surface area contributed by atoms with Crippen molar-refractivity contribution in [1.82, 2.24) is 0 Å². The molecular formula is C7H7NO3S. The fraction of sp³-hybridized carbons (Fsp3) is 0.143. The molecule has 0 aliphatic rings. The first-order valence-corrected chi connectivity index (χ1v) is 4.89. The predicted octanol–water partition coefficient (Wildman–Crippen LogP) is 1.18. The number of nitroso groups, excluding NO2 is 1. The Morgan fingerprint density at radius 1 is 1.17 bits per heavy atom. The fourth-order valence-corrected chi connectivity index (χ4v) is 1.63. The number of hydrogen-bond donors (Lipinski definition) is 0. The van der Waals surface area contributed by atoms with E-state index in [1.54, 1.807) is 18.2 Å². The van der Waals surface area contributed by atoms with Crippen LogP contribution >= 0.6 is 0 Å². The van der Waals surface area contributed by atoms with Crippen molar-refractivity contribution in [2.45, 2.75) is 4.90 Å². The van der Waals surface area contributed by atoms with Gasteiger partial charge < -0.3 is 0 Å². The van der Waals surface area contributed by atoms with Gasteiger partial charge in [-0.15, -0.1) is 4.91 Å². The highest BCUT2D eigenvalue weighted by molar-refractivity contribution is 7.91. The molecule has 0 N–H and O–H groups in total. The summed E-state index contributed by atoms with van der Waals surface area (Å²) in [6.07, 6.45) is 0. The average molecular weight is 185 g/mol. The first-order valence-electron chi connectivity index (χ1n) is 3.24. The van der Waals surface area contributed by atoms with Gasteiger partial charge in [-0.25, -0.2) is 8.42 Å². The first-order chi connectivity index (χ1) is 5.67. The number of hydrogen-bond acceptors (Lipinski definition) is 4. The summed E-state index contributed by atoms with van der Waals surface area (Å²) in [5, 5.41) is 2.35. The lowest BCUT2D eigenvalue weighted by Gasteiger charge is -1.96. The molecule has 0 aliphatic heterocycles. The lowest BCUT2D eigenvalue weighted by Crippen LogP contribution is -2.03. The quantitative estimate of drug-likeness (QED) is 0.664. The normalized spacial score (nSPS) is 11.0. The van der Waals surface area contributed by atoms with E-state index < -0.39 is 15.7 Å². The molecule has 0 atom stereocenters. The summed E-state index contributed by atoms with van der Waals surface area (Å²) in [5.74, 6) is -0.697. The van der Waals surface area contributed by atoms with E-state index in [0.29, 0.717) is 0 Å². The van der Waals surface area contributed by atoms with Crippen LogP contribution in [-0.4, -0.2) is 14.3 Å². The second kappa shape index (κ2) is 3.44. The Morgan fingerprint density at radius 2 is 1.75 bits per heavy atom. The largest absolute Gasteiger partial charge is 0.222 e. The van der Waals surface area contributed by atoms with Gasteiger partial charge in [-0.3, -0.25) is 0 Å². The van der Waals surface area contributed by atoms with Gasteiger partial charge in [0.05, 0.1) is 4.90 Å². The minimum Gasteiger partial charge on any atom is -0.222 e. The van der Waals surface area contributed by atoms with Crippen molar-refractivity contribution in [2.24, 2.45) is 5.18 Å². The molecule has 0 aliphatic carbocycles. The predicted molar refractivity (Wildman–Crippen MR) is 44.3 cm³/mol. The zero-order valence-corrected chi connectivity index (χ0v) is 6.99. The molecule has 1 rings (SSSR count). The van der Waals surface area contributed by atoms with Crippen molar-refractivity contribution in [1.29, 1.82) is 0 Å². The minimum atomic E-state index is -3.49. The minimum absolute atomic E-state index is 0.129. The van der Waals surface area contributed by atoms with Crippen LogP contribution < -0.4 is 0 Å². The van der Waals surface area contributed by atoms with Crippen LogP contribution in [0.15, 0.2) is 40.4 Å². The number of benzene rings is 1. The Labute approximate surface area is 70.1 Å². The summed E-state index contributed by atoms with van der Waals surface area (Å²) < 4.78 is 22.3. The van der Waals surface area contributed by atoms with Crippen LogP contribution in [0.25, 0.3) is 0 Å². The summed E-state index contributed by atoms with van der Waals surface area (Å²) in [6.45, 7) is 0. The van der Waals surface area contributed by atoms with Crippen molar-refractivity contribution < 1.29 is 8.42 Å². The van der Waals surface area contributed by atoms with Crippen LogP contribution in [0.4, 0.5) is 0 Å². The highest BCUT2D eigenvalue weighted by atomic mass is 32.2. The molecule has 0 amide bonds. The number of nitrogens with zero attached hydrogens (tertiary/aromatic N) is 1. The van der Waals surface area contributed by atoms with Gasteiger partial charge in [0.15, 0.2) is 5.88 Å². The summed E-state index contributed by atoms with van der Waals surface area (Å²) in [6, 6.07) is 7.75. The maximum absolute atomic E-state index is 11.1. The molecule has 5 heteroatoms. The molecule has 12 heavy (non-hydrogen) atoms. The van der Waals surface area contributed by atoms with Crippen molar-refractivity contribution >= 4 is 9.84 Å². The van der Waals surface area contributed by atoms with E-state index in [-0.39, 0.29) is 4.90 Å². The van der Waals surface area contributed by atoms with Crippen LogP contribution in [0.3, 0.4) is 0 Å². The van der Waals surface area contributed by atoms with Crippen LogP contribution in [0.5, 0.6) is 0 Å². The molecule has 1 aromatic carbocycles. The van der Waals surface area contributed by atoms with Gasteiger partial charge >= 0.3 is 0 Å². The number of rotatable bonds is 3. The van der Waals surface area contributed by atoms with Gasteiger partial charge in [0.25, 0.3) is 0 Å². The van der Waals surface area contributed by atoms with Crippen LogP contribution in [-0.2, 0) is 9.84 Å². The molecule has 64 valence electrons. The number of sulfone groups is 1. The van der Waals surface area contributed by atoms with Gasteiger partial charge in [-0.1, -0.05) is 23.4 Å². The maximum Gasteiger partial charge on any atom is 0.201 e. The molecule has 1 aromatic rings. The van der Waals surface area contributed by atoms with Crippen molar-refractivity contribution in [3.05, 3.63) is 35.2 Å². The van der Waals surface area contributed by atoms with Crippen LogP contribution in [0.2, 0.25) is 0 Å². The second-order valence-electron chi connectivity index (χ2n) is 2.19. The lowest BCUT2D eigenvalue weighted by atomic mass is 10.4. The third-order valence-corrected chi connectivity index (χ3v) is 2.76. The molecule has 0 bridgehead atoms. The molecule has 4 nitrogen and oxygen atoms in total. The summed E-state index contributed by atoms with van der Waals surface area (Å²) >= 11 is 0. The second-order valence-corrected chi connectivity index (χ2v) is 4.15. The smallest absolute Gasteiger partial charge is 0.201 e.